The van der Waals surface area contributed by atoms with Gasteiger partial charge in [0.25, 0.3) is 0 Å². The molecule has 2 N–H and O–H groups in total. The highest BCUT2D eigenvalue weighted by Gasteiger charge is 2.44. The summed E-state index contributed by atoms with van der Waals surface area (Å²) < 4.78 is 5.47. The van der Waals surface area contributed by atoms with E-state index in [4.69, 9.17) is 10.5 Å². The van der Waals surface area contributed by atoms with Crippen molar-refractivity contribution in [3.63, 3.8) is 0 Å². The normalized spacial score (nSPS) is 35.4. The molecule has 1 heterocycles. The second-order valence-electron chi connectivity index (χ2n) is 4.18. The van der Waals surface area contributed by atoms with E-state index in [2.05, 4.69) is 0 Å². The van der Waals surface area contributed by atoms with Crippen molar-refractivity contribution in [2.75, 3.05) is 6.61 Å². The number of hydrogen-bond donors (Lipinski definition) is 1. The first-order valence-corrected chi connectivity index (χ1v) is 4.88. The third-order valence-corrected chi connectivity index (χ3v) is 3.36. The molecule has 1 aliphatic heterocycles. The van der Waals surface area contributed by atoms with E-state index in [-0.39, 0.29) is 11.7 Å². The quantitative estimate of drug-likeness (QED) is 0.684. The first kappa shape index (κ1) is 9.31. The van der Waals surface area contributed by atoms with E-state index in [1.54, 1.807) is 13.0 Å². The van der Waals surface area contributed by atoms with Crippen LogP contribution < -0.4 is 5.73 Å². The lowest BCUT2D eigenvalue weighted by Crippen LogP contribution is -2.35. The maximum Gasteiger partial charge on any atom is 0.140 e. The number of nitrogens with two attached hydrogens (primary N) is 1. The Bertz CT molecular complexity index is 343. The monoisotopic (exact) mass is 193 g/mol. The molecule has 0 bridgehead atoms. The van der Waals surface area contributed by atoms with Crippen LogP contribution in [0.2, 0.25) is 0 Å². The SMILES string of the molecule is CC(=O)C1(C)C=CC(N)=C2OCCC21. The van der Waals surface area contributed by atoms with Gasteiger partial charge >= 0.3 is 0 Å². The molecule has 2 atom stereocenters. The lowest BCUT2D eigenvalue weighted by atomic mass is 9.70. The number of hydrogen-bond acceptors (Lipinski definition) is 3. The van der Waals surface area contributed by atoms with E-state index < -0.39 is 5.41 Å². The molecule has 0 radical (unpaired) electrons. The Morgan fingerprint density at radius 2 is 2.43 bits per heavy atom. The predicted octanol–water partition coefficient (Wildman–Crippen LogP) is 1.36. The lowest BCUT2D eigenvalue weighted by Gasteiger charge is -2.32. The Morgan fingerprint density at radius 3 is 3.07 bits per heavy atom. The molecule has 1 aliphatic carbocycles. The predicted molar refractivity (Wildman–Crippen MR) is 53.2 cm³/mol. The molecule has 1 fully saturated rings. The van der Waals surface area contributed by atoms with E-state index >= 15 is 0 Å². The molecule has 76 valence electrons. The Labute approximate surface area is 83.6 Å². The fourth-order valence-electron chi connectivity index (χ4n) is 2.20. The van der Waals surface area contributed by atoms with Gasteiger partial charge in [-0.1, -0.05) is 6.08 Å². The van der Waals surface area contributed by atoms with Crippen LogP contribution in [0.3, 0.4) is 0 Å². The molecule has 2 aliphatic rings. The molecule has 0 aromatic rings. The second-order valence-corrected chi connectivity index (χ2v) is 4.18. The van der Waals surface area contributed by atoms with Gasteiger partial charge in [-0.2, -0.15) is 0 Å². The fourth-order valence-corrected chi connectivity index (χ4v) is 2.20. The molecule has 0 spiro atoms. The lowest BCUT2D eigenvalue weighted by molar-refractivity contribution is -0.125. The van der Waals surface area contributed by atoms with E-state index in [0.29, 0.717) is 12.3 Å². The smallest absolute Gasteiger partial charge is 0.140 e. The van der Waals surface area contributed by atoms with E-state index in [0.717, 1.165) is 12.2 Å². The standard InChI is InChI=1S/C11H15NO2/c1-7(13)11(2)5-3-9(12)10-8(11)4-6-14-10/h3,5,8H,4,6,12H2,1-2H3. The number of fused-ring (bicyclic) bond motifs is 1. The summed E-state index contributed by atoms with van der Waals surface area (Å²) in [5.41, 5.74) is 6.05. The van der Waals surface area contributed by atoms with Crippen molar-refractivity contribution in [2.24, 2.45) is 17.1 Å². The Kier molecular flexibility index (Phi) is 1.91. The van der Waals surface area contributed by atoms with E-state index in [1.165, 1.54) is 0 Å². The van der Waals surface area contributed by atoms with Crippen LogP contribution in [0.5, 0.6) is 0 Å². The van der Waals surface area contributed by atoms with Gasteiger partial charge in [0.15, 0.2) is 0 Å². The van der Waals surface area contributed by atoms with Gasteiger partial charge in [0.1, 0.15) is 11.5 Å². The van der Waals surface area contributed by atoms with Crippen molar-refractivity contribution in [3.05, 3.63) is 23.6 Å². The van der Waals surface area contributed by atoms with Gasteiger partial charge in [0.2, 0.25) is 0 Å². The van der Waals surface area contributed by atoms with E-state index in [9.17, 15) is 4.79 Å². The van der Waals surface area contributed by atoms with Crippen LogP contribution in [-0.2, 0) is 9.53 Å². The molecule has 0 aromatic carbocycles. The highest BCUT2D eigenvalue weighted by atomic mass is 16.5. The first-order chi connectivity index (χ1) is 6.55. The van der Waals surface area contributed by atoms with Gasteiger partial charge in [0.05, 0.1) is 17.7 Å². The summed E-state index contributed by atoms with van der Waals surface area (Å²) in [5.74, 6) is 1.13. The minimum atomic E-state index is -0.422. The van der Waals surface area contributed by atoms with Gasteiger partial charge < -0.3 is 10.5 Å². The number of rotatable bonds is 1. The van der Waals surface area contributed by atoms with Gasteiger partial charge in [-0.25, -0.2) is 0 Å². The van der Waals surface area contributed by atoms with Crippen LogP contribution in [0.4, 0.5) is 0 Å². The zero-order valence-corrected chi connectivity index (χ0v) is 8.54. The molecule has 2 unspecified atom stereocenters. The van der Waals surface area contributed by atoms with Crippen LogP contribution in [0, 0.1) is 11.3 Å². The van der Waals surface area contributed by atoms with Crippen molar-refractivity contribution >= 4 is 5.78 Å². The summed E-state index contributed by atoms with van der Waals surface area (Å²) in [6.45, 7) is 4.25. The topological polar surface area (TPSA) is 52.3 Å². The molecule has 0 aromatic heterocycles. The summed E-state index contributed by atoms with van der Waals surface area (Å²) in [7, 11) is 0. The van der Waals surface area contributed by atoms with Gasteiger partial charge in [-0.05, 0) is 26.3 Å². The zero-order valence-electron chi connectivity index (χ0n) is 8.54. The van der Waals surface area contributed by atoms with Crippen molar-refractivity contribution in [1.82, 2.24) is 0 Å². The summed E-state index contributed by atoms with van der Waals surface area (Å²) in [6.07, 6.45) is 4.59. The molecule has 0 amide bonds. The highest BCUT2D eigenvalue weighted by Crippen LogP contribution is 2.45. The number of ether oxygens (including phenoxy) is 1. The first-order valence-electron chi connectivity index (χ1n) is 4.88. The molecule has 2 rings (SSSR count). The Balaban J connectivity index is 2.44. The number of Topliss-reactive ketones (excluding diaryl/α,β-unsaturated/α-hetero) is 1. The largest absolute Gasteiger partial charge is 0.495 e. The minimum Gasteiger partial charge on any atom is -0.495 e. The third-order valence-electron chi connectivity index (χ3n) is 3.36. The van der Waals surface area contributed by atoms with Crippen LogP contribution in [0.25, 0.3) is 0 Å². The summed E-state index contributed by atoms with van der Waals surface area (Å²) in [5, 5.41) is 0. The summed E-state index contributed by atoms with van der Waals surface area (Å²) >= 11 is 0. The van der Waals surface area contributed by atoms with Crippen molar-refractivity contribution in [1.29, 1.82) is 0 Å². The molecular weight excluding hydrogens is 178 g/mol. The molecular formula is C11H15NO2. The zero-order chi connectivity index (χ0) is 10.3. The summed E-state index contributed by atoms with van der Waals surface area (Å²) in [4.78, 5) is 11.6. The van der Waals surface area contributed by atoms with Crippen molar-refractivity contribution in [3.8, 4) is 0 Å². The highest BCUT2D eigenvalue weighted by molar-refractivity contribution is 5.85. The molecule has 1 saturated heterocycles. The van der Waals surface area contributed by atoms with Crippen LogP contribution in [0.15, 0.2) is 23.6 Å². The summed E-state index contributed by atoms with van der Waals surface area (Å²) in [6, 6.07) is 0. The number of carbonyl (C=O) groups excluding carboxylic acids is 1. The molecule has 14 heavy (non-hydrogen) atoms. The Morgan fingerprint density at radius 1 is 1.71 bits per heavy atom. The van der Waals surface area contributed by atoms with Gasteiger partial charge in [-0.3, -0.25) is 4.79 Å². The fraction of sp³-hybridized carbons (Fsp3) is 0.545. The van der Waals surface area contributed by atoms with Crippen molar-refractivity contribution < 1.29 is 9.53 Å². The molecule has 0 saturated carbocycles. The number of allylic oxidation sites excluding steroid dienone is 3. The average molecular weight is 193 g/mol. The second kappa shape index (κ2) is 2.87. The van der Waals surface area contributed by atoms with Crippen LogP contribution >= 0.6 is 0 Å². The maximum atomic E-state index is 11.6. The van der Waals surface area contributed by atoms with E-state index in [1.807, 2.05) is 13.0 Å². The maximum absolute atomic E-state index is 11.6. The average Bonchev–Trinajstić information content (AvgIpc) is 2.61. The van der Waals surface area contributed by atoms with Crippen LogP contribution in [0.1, 0.15) is 20.3 Å². The third kappa shape index (κ3) is 1.08. The molecule has 3 nitrogen and oxygen atoms in total. The minimum absolute atomic E-state index is 0.144. The van der Waals surface area contributed by atoms with Crippen LogP contribution in [-0.4, -0.2) is 12.4 Å². The van der Waals surface area contributed by atoms with Gasteiger partial charge in [0, 0.05) is 5.92 Å². The molecule has 3 heteroatoms. The van der Waals surface area contributed by atoms with Crippen molar-refractivity contribution in [2.45, 2.75) is 20.3 Å². The number of ketones is 1. The Hall–Kier alpha value is -1.25. The number of carbonyl (C=O) groups is 1. The van der Waals surface area contributed by atoms with Gasteiger partial charge in [-0.15, -0.1) is 0 Å².